The lowest BCUT2D eigenvalue weighted by Gasteiger charge is -2.44. The van der Waals surface area contributed by atoms with E-state index in [-0.39, 0.29) is 6.61 Å². The molecule has 0 radical (unpaired) electrons. The molecular weight excluding hydrogens is 228 g/mol. The van der Waals surface area contributed by atoms with E-state index in [1.165, 1.54) is 0 Å². The quantitative estimate of drug-likeness (QED) is 0.487. The van der Waals surface area contributed by atoms with E-state index in [1.807, 2.05) is 13.8 Å². The van der Waals surface area contributed by atoms with Crippen LogP contribution in [0.5, 0.6) is 0 Å². The highest BCUT2D eigenvalue weighted by molar-refractivity contribution is 5.41. The van der Waals surface area contributed by atoms with Crippen molar-refractivity contribution in [1.82, 2.24) is 0 Å². The van der Waals surface area contributed by atoms with Crippen LogP contribution in [0.3, 0.4) is 0 Å². The summed E-state index contributed by atoms with van der Waals surface area (Å²) >= 11 is 0. The molecule has 0 aromatic carbocycles. The second-order valence-corrected chi connectivity index (χ2v) is 5.54. The Morgan fingerprint density at radius 1 is 1.56 bits per heavy atom. The lowest BCUT2D eigenvalue weighted by Crippen LogP contribution is -2.49. The molecule has 2 atom stereocenters. The number of aliphatic hydroxyl groups is 3. The van der Waals surface area contributed by atoms with E-state index in [0.717, 1.165) is 5.57 Å². The van der Waals surface area contributed by atoms with Crippen molar-refractivity contribution in [2.75, 3.05) is 6.61 Å². The summed E-state index contributed by atoms with van der Waals surface area (Å²) in [4.78, 5) is 0. The second-order valence-electron chi connectivity index (χ2n) is 5.54. The van der Waals surface area contributed by atoms with E-state index in [4.69, 9.17) is 5.11 Å². The van der Waals surface area contributed by atoms with E-state index in [2.05, 4.69) is 11.8 Å². The first-order chi connectivity index (χ1) is 8.23. The zero-order valence-electron chi connectivity index (χ0n) is 11.5. The van der Waals surface area contributed by atoms with E-state index in [1.54, 1.807) is 26.0 Å². The maximum absolute atomic E-state index is 10.8. The second kappa shape index (κ2) is 5.27. The molecule has 2 unspecified atom stereocenters. The molecule has 0 aliphatic heterocycles. The largest absolute Gasteiger partial charge is 0.392 e. The van der Waals surface area contributed by atoms with Crippen LogP contribution in [-0.2, 0) is 0 Å². The molecule has 1 aliphatic carbocycles. The van der Waals surface area contributed by atoms with Gasteiger partial charge in [0.05, 0.1) is 12.7 Å². The first kappa shape index (κ1) is 15.0. The number of hydrogen-bond donors (Lipinski definition) is 3. The minimum atomic E-state index is -1.24. The van der Waals surface area contributed by atoms with E-state index < -0.39 is 17.1 Å². The van der Waals surface area contributed by atoms with Crippen LogP contribution < -0.4 is 0 Å². The van der Waals surface area contributed by atoms with E-state index >= 15 is 0 Å². The summed E-state index contributed by atoms with van der Waals surface area (Å²) in [6.45, 7) is 7.30. The molecule has 0 fully saturated rings. The van der Waals surface area contributed by atoms with E-state index in [9.17, 15) is 10.2 Å². The monoisotopic (exact) mass is 250 g/mol. The van der Waals surface area contributed by atoms with Crippen LogP contribution in [0.1, 0.15) is 34.1 Å². The fourth-order valence-corrected chi connectivity index (χ4v) is 2.32. The maximum Gasteiger partial charge on any atom is 0.152 e. The van der Waals surface area contributed by atoms with Gasteiger partial charge in [0.15, 0.2) is 5.60 Å². The molecule has 0 saturated heterocycles. The number of rotatable bonds is 1. The summed E-state index contributed by atoms with van der Waals surface area (Å²) in [5, 5.41) is 29.3. The normalized spacial score (nSPS) is 31.4. The topological polar surface area (TPSA) is 60.7 Å². The minimum Gasteiger partial charge on any atom is -0.392 e. The number of aliphatic hydroxyl groups excluding tert-OH is 2. The molecule has 0 amide bonds. The van der Waals surface area contributed by atoms with E-state index in [0.29, 0.717) is 12.0 Å². The molecule has 0 heterocycles. The van der Waals surface area contributed by atoms with Gasteiger partial charge in [-0.15, -0.1) is 0 Å². The molecule has 100 valence electrons. The third-order valence-electron chi connectivity index (χ3n) is 3.55. The molecule has 18 heavy (non-hydrogen) atoms. The van der Waals surface area contributed by atoms with Gasteiger partial charge in [0.25, 0.3) is 0 Å². The predicted octanol–water partition coefficient (Wildman–Crippen LogP) is 1.40. The Balaban J connectivity index is 3.17. The Morgan fingerprint density at radius 2 is 2.17 bits per heavy atom. The van der Waals surface area contributed by atoms with Crippen molar-refractivity contribution in [1.29, 1.82) is 0 Å². The van der Waals surface area contributed by atoms with Crippen LogP contribution >= 0.6 is 0 Å². The Kier molecular flexibility index (Phi) is 4.39. The lowest BCUT2D eigenvalue weighted by molar-refractivity contribution is -0.0220. The Morgan fingerprint density at radius 3 is 2.67 bits per heavy atom. The van der Waals surface area contributed by atoms with Gasteiger partial charge in [-0.2, -0.15) is 0 Å². The van der Waals surface area contributed by atoms with Crippen molar-refractivity contribution >= 4 is 0 Å². The van der Waals surface area contributed by atoms with Crippen molar-refractivity contribution < 1.29 is 15.3 Å². The summed E-state index contributed by atoms with van der Waals surface area (Å²) in [7, 11) is 0. The van der Waals surface area contributed by atoms with Crippen LogP contribution in [0.4, 0.5) is 0 Å². The third-order valence-corrected chi connectivity index (χ3v) is 3.55. The average molecular weight is 250 g/mol. The average Bonchev–Trinajstić information content (AvgIpc) is 2.23. The number of hydrogen-bond acceptors (Lipinski definition) is 3. The molecular formula is C15H22O3. The van der Waals surface area contributed by atoms with Crippen molar-refractivity contribution in [3.05, 3.63) is 23.3 Å². The lowest BCUT2D eigenvalue weighted by atomic mass is 9.64. The minimum absolute atomic E-state index is 0.0597. The molecule has 0 spiro atoms. The van der Waals surface area contributed by atoms with Gasteiger partial charge < -0.3 is 15.3 Å². The van der Waals surface area contributed by atoms with Crippen molar-refractivity contribution in [3.8, 4) is 11.8 Å². The summed E-state index contributed by atoms with van der Waals surface area (Å²) in [5.41, 5.74) is -0.356. The van der Waals surface area contributed by atoms with Crippen LogP contribution in [-0.4, -0.2) is 33.6 Å². The Hall–Kier alpha value is -1.08. The van der Waals surface area contributed by atoms with Gasteiger partial charge in [-0.3, -0.25) is 0 Å². The zero-order valence-corrected chi connectivity index (χ0v) is 11.5. The molecule has 1 rings (SSSR count). The summed E-state index contributed by atoms with van der Waals surface area (Å²) in [6, 6.07) is 0. The summed E-state index contributed by atoms with van der Waals surface area (Å²) in [6.07, 6.45) is 3.19. The van der Waals surface area contributed by atoms with Crippen LogP contribution in [0.15, 0.2) is 23.3 Å². The van der Waals surface area contributed by atoms with Gasteiger partial charge in [-0.1, -0.05) is 31.8 Å². The molecule has 0 aromatic heterocycles. The van der Waals surface area contributed by atoms with Gasteiger partial charge in [0, 0.05) is 5.41 Å². The first-order valence-corrected chi connectivity index (χ1v) is 6.13. The molecule has 0 saturated carbocycles. The van der Waals surface area contributed by atoms with Crippen molar-refractivity contribution in [2.24, 2.45) is 5.41 Å². The van der Waals surface area contributed by atoms with Gasteiger partial charge in [0.1, 0.15) is 0 Å². The fourth-order valence-electron chi connectivity index (χ4n) is 2.32. The van der Waals surface area contributed by atoms with Gasteiger partial charge >= 0.3 is 0 Å². The Labute approximate surface area is 109 Å². The number of allylic oxidation sites excluding steroid dienone is 1. The molecule has 0 bridgehead atoms. The van der Waals surface area contributed by atoms with Gasteiger partial charge in [-0.05, 0) is 37.5 Å². The van der Waals surface area contributed by atoms with Crippen LogP contribution in [0, 0.1) is 17.3 Å². The molecule has 3 nitrogen and oxygen atoms in total. The highest BCUT2D eigenvalue weighted by Crippen LogP contribution is 2.43. The van der Waals surface area contributed by atoms with Gasteiger partial charge in [-0.25, -0.2) is 0 Å². The standard InChI is InChI=1S/C15H22O3/c1-11(6-8-16)5-7-15(18)12(2)9-13(17)10-14(15,3)4/h6,9,13,16-18H,8,10H2,1-4H3/b11-6+. The fraction of sp³-hybridized carbons (Fsp3) is 0.600. The first-order valence-electron chi connectivity index (χ1n) is 6.13. The maximum atomic E-state index is 10.8. The van der Waals surface area contributed by atoms with Crippen molar-refractivity contribution in [3.63, 3.8) is 0 Å². The highest BCUT2D eigenvalue weighted by Gasteiger charge is 2.47. The predicted molar refractivity (Wildman–Crippen MR) is 71.7 cm³/mol. The molecule has 0 aromatic rings. The highest BCUT2D eigenvalue weighted by atomic mass is 16.3. The van der Waals surface area contributed by atoms with Crippen LogP contribution in [0.2, 0.25) is 0 Å². The van der Waals surface area contributed by atoms with Crippen molar-refractivity contribution in [2.45, 2.75) is 45.8 Å². The SMILES string of the molecule is CC1=CC(O)CC(C)(C)C1(O)C#C/C(C)=C/CO. The molecule has 3 N–H and O–H groups in total. The third kappa shape index (κ3) is 2.84. The molecule has 3 heteroatoms. The Bertz CT molecular complexity index is 434. The summed E-state index contributed by atoms with van der Waals surface area (Å²) in [5.74, 6) is 5.76. The zero-order chi connectivity index (χ0) is 14.0. The smallest absolute Gasteiger partial charge is 0.152 e. The summed E-state index contributed by atoms with van der Waals surface area (Å²) < 4.78 is 0. The molecule has 1 aliphatic rings. The van der Waals surface area contributed by atoms with Gasteiger partial charge in [0.2, 0.25) is 0 Å². The van der Waals surface area contributed by atoms with Crippen LogP contribution in [0.25, 0.3) is 0 Å².